The van der Waals surface area contributed by atoms with Gasteiger partial charge in [-0.1, -0.05) is 30.1 Å². The molecule has 25 heavy (non-hydrogen) atoms. The number of carbonyl (C=O) groups is 1. The molecule has 2 rings (SSSR count). The third-order valence-electron chi connectivity index (χ3n) is 3.28. The van der Waals surface area contributed by atoms with Crippen LogP contribution in [-0.4, -0.2) is 21.7 Å². The maximum absolute atomic E-state index is 11.7. The molecule has 1 amide bonds. The van der Waals surface area contributed by atoms with Crippen molar-refractivity contribution in [3.8, 4) is 5.75 Å². The van der Waals surface area contributed by atoms with Crippen molar-refractivity contribution in [2.24, 2.45) is 5.10 Å². The minimum absolute atomic E-state index is 0.0479. The van der Waals surface area contributed by atoms with Crippen molar-refractivity contribution in [2.45, 2.75) is 26.7 Å². The molecule has 0 unspecified atom stereocenters. The normalized spacial score (nSPS) is 11.3. The summed E-state index contributed by atoms with van der Waals surface area (Å²) in [7, 11) is 0. The summed E-state index contributed by atoms with van der Waals surface area (Å²) in [5.74, 6) is 0.313. The molecule has 0 fully saturated rings. The lowest BCUT2D eigenvalue weighted by molar-refractivity contribution is -0.116. The molecule has 0 saturated carbocycles. The van der Waals surface area contributed by atoms with E-state index in [1.165, 1.54) is 12.3 Å². The van der Waals surface area contributed by atoms with E-state index in [-0.39, 0.29) is 11.7 Å². The molecular weight excluding hydrogens is 363 g/mol. The molecule has 3 N–H and O–H groups in total. The highest BCUT2D eigenvalue weighted by molar-refractivity contribution is 6.35. The van der Waals surface area contributed by atoms with Crippen molar-refractivity contribution in [3.05, 3.63) is 46.1 Å². The number of phenols is 1. The quantitative estimate of drug-likeness (QED) is 0.386. The van der Waals surface area contributed by atoms with E-state index in [1.54, 1.807) is 25.1 Å². The number of hydrogen-bond donors (Lipinski definition) is 3. The molecule has 0 aliphatic heterocycles. The number of pyridine rings is 1. The molecule has 0 saturated heterocycles. The molecule has 0 atom stereocenters. The topological polar surface area (TPSA) is 86.6 Å². The zero-order valence-corrected chi connectivity index (χ0v) is 15.3. The molecule has 1 aromatic heterocycles. The summed E-state index contributed by atoms with van der Waals surface area (Å²) in [6.07, 6.45) is 2.64. The summed E-state index contributed by atoms with van der Waals surface area (Å²) in [6, 6.07) is 6.33. The number of rotatable bonds is 6. The van der Waals surface area contributed by atoms with Crippen LogP contribution in [0.3, 0.4) is 0 Å². The van der Waals surface area contributed by atoms with E-state index < -0.39 is 0 Å². The Hall–Kier alpha value is -2.31. The van der Waals surface area contributed by atoms with E-state index in [1.807, 2.05) is 6.92 Å². The van der Waals surface area contributed by atoms with Crippen molar-refractivity contribution in [1.82, 2.24) is 4.98 Å². The first-order valence-corrected chi connectivity index (χ1v) is 8.41. The average Bonchev–Trinajstić information content (AvgIpc) is 2.55. The monoisotopic (exact) mass is 380 g/mol. The second-order valence-electron chi connectivity index (χ2n) is 5.32. The van der Waals surface area contributed by atoms with Crippen LogP contribution in [0.4, 0.5) is 11.5 Å². The zero-order chi connectivity index (χ0) is 18.4. The molecule has 0 spiro atoms. The first kappa shape index (κ1) is 19.0. The Balaban J connectivity index is 2.19. The zero-order valence-electron chi connectivity index (χ0n) is 13.8. The SMILES string of the molecule is CCCC(=O)Nc1ccc(O)c(/C(C)=N/Nc2ncc(Cl)cc2Cl)c1. The molecule has 0 aliphatic carbocycles. The van der Waals surface area contributed by atoms with Gasteiger partial charge in [0.25, 0.3) is 0 Å². The lowest BCUT2D eigenvalue weighted by Crippen LogP contribution is -2.11. The van der Waals surface area contributed by atoms with Crippen LogP contribution < -0.4 is 10.7 Å². The van der Waals surface area contributed by atoms with Gasteiger partial charge in [0.15, 0.2) is 5.82 Å². The highest BCUT2D eigenvalue weighted by atomic mass is 35.5. The van der Waals surface area contributed by atoms with Gasteiger partial charge in [-0.15, -0.1) is 0 Å². The third-order valence-corrected chi connectivity index (χ3v) is 3.78. The summed E-state index contributed by atoms with van der Waals surface area (Å²) < 4.78 is 0. The van der Waals surface area contributed by atoms with E-state index in [0.29, 0.717) is 39.2 Å². The maximum Gasteiger partial charge on any atom is 0.224 e. The van der Waals surface area contributed by atoms with Crippen LogP contribution in [0.25, 0.3) is 0 Å². The van der Waals surface area contributed by atoms with Crippen molar-refractivity contribution in [3.63, 3.8) is 0 Å². The molecule has 2 aromatic rings. The fourth-order valence-electron chi connectivity index (χ4n) is 2.05. The molecule has 132 valence electrons. The lowest BCUT2D eigenvalue weighted by atomic mass is 10.1. The maximum atomic E-state index is 11.7. The number of anilines is 2. The number of aromatic nitrogens is 1. The Morgan fingerprint density at radius 2 is 2.08 bits per heavy atom. The van der Waals surface area contributed by atoms with Gasteiger partial charge in [-0.05, 0) is 37.6 Å². The highest BCUT2D eigenvalue weighted by Gasteiger charge is 2.09. The number of aromatic hydroxyl groups is 1. The molecule has 0 aliphatic rings. The van der Waals surface area contributed by atoms with Crippen LogP contribution >= 0.6 is 23.2 Å². The van der Waals surface area contributed by atoms with E-state index in [0.717, 1.165) is 6.42 Å². The number of nitrogens with zero attached hydrogens (tertiary/aromatic N) is 2. The molecule has 6 nitrogen and oxygen atoms in total. The van der Waals surface area contributed by atoms with Crippen molar-refractivity contribution >= 4 is 46.3 Å². The Kier molecular flexibility index (Phi) is 6.61. The van der Waals surface area contributed by atoms with Gasteiger partial charge in [0.2, 0.25) is 5.91 Å². The van der Waals surface area contributed by atoms with E-state index in [2.05, 4.69) is 20.8 Å². The van der Waals surface area contributed by atoms with Crippen LogP contribution in [0.2, 0.25) is 10.0 Å². The Labute approximate surface area is 155 Å². The van der Waals surface area contributed by atoms with Gasteiger partial charge in [-0.25, -0.2) is 4.98 Å². The number of phenolic OH excluding ortho intramolecular Hbond substituents is 1. The minimum atomic E-state index is -0.0796. The number of carbonyl (C=O) groups excluding carboxylic acids is 1. The van der Waals surface area contributed by atoms with Gasteiger partial charge >= 0.3 is 0 Å². The number of amides is 1. The van der Waals surface area contributed by atoms with Crippen LogP contribution in [-0.2, 0) is 4.79 Å². The highest BCUT2D eigenvalue weighted by Crippen LogP contribution is 2.24. The van der Waals surface area contributed by atoms with Gasteiger partial charge in [-0.3, -0.25) is 10.2 Å². The van der Waals surface area contributed by atoms with E-state index in [4.69, 9.17) is 23.2 Å². The molecule has 1 aromatic carbocycles. The first-order chi connectivity index (χ1) is 11.9. The largest absolute Gasteiger partial charge is 0.507 e. The van der Waals surface area contributed by atoms with Crippen molar-refractivity contribution < 1.29 is 9.90 Å². The fourth-order valence-corrected chi connectivity index (χ4v) is 2.47. The number of hydrogen-bond acceptors (Lipinski definition) is 5. The summed E-state index contributed by atoms with van der Waals surface area (Å²) >= 11 is 11.8. The molecular formula is C17H18Cl2N4O2. The number of halogens is 2. The molecule has 0 radical (unpaired) electrons. The standard InChI is InChI=1S/C17H18Cl2N4O2/c1-3-4-16(25)21-12-5-6-15(24)13(8-12)10(2)22-23-17-14(19)7-11(18)9-20-17/h5-9,24H,3-4H2,1-2H3,(H,20,23)(H,21,25)/b22-10+. The van der Waals surface area contributed by atoms with E-state index in [9.17, 15) is 9.90 Å². The number of hydrazone groups is 1. The van der Waals surface area contributed by atoms with Crippen LogP contribution in [0.1, 0.15) is 32.3 Å². The number of nitrogens with one attached hydrogen (secondary N) is 2. The summed E-state index contributed by atoms with van der Waals surface area (Å²) in [5, 5.41) is 17.8. The van der Waals surface area contributed by atoms with Gasteiger partial charge in [0.05, 0.1) is 15.8 Å². The first-order valence-electron chi connectivity index (χ1n) is 7.65. The molecule has 1 heterocycles. The smallest absolute Gasteiger partial charge is 0.224 e. The summed E-state index contributed by atoms with van der Waals surface area (Å²) in [4.78, 5) is 15.7. The Morgan fingerprint density at radius 1 is 1.32 bits per heavy atom. The molecule has 0 bridgehead atoms. The Morgan fingerprint density at radius 3 is 2.76 bits per heavy atom. The summed E-state index contributed by atoms with van der Waals surface area (Å²) in [6.45, 7) is 3.64. The van der Waals surface area contributed by atoms with Gasteiger partial charge in [-0.2, -0.15) is 5.10 Å². The number of benzene rings is 1. The van der Waals surface area contributed by atoms with E-state index >= 15 is 0 Å². The predicted molar refractivity (Wildman–Crippen MR) is 102 cm³/mol. The van der Waals surface area contributed by atoms with Gasteiger partial charge in [0, 0.05) is 23.9 Å². The molecule has 8 heteroatoms. The Bertz CT molecular complexity index is 809. The van der Waals surface area contributed by atoms with Crippen LogP contribution in [0, 0.1) is 0 Å². The second-order valence-corrected chi connectivity index (χ2v) is 6.17. The lowest BCUT2D eigenvalue weighted by Gasteiger charge is -2.10. The predicted octanol–water partition coefficient (Wildman–Crippen LogP) is 4.67. The summed E-state index contributed by atoms with van der Waals surface area (Å²) in [5.41, 5.74) is 4.30. The van der Waals surface area contributed by atoms with Crippen molar-refractivity contribution in [2.75, 3.05) is 10.7 Å². The van der Waals surface area contributed by atoms with Gasteiger partial charge < -0.3 is 10.4 Å². The third kappa shape index (κ3) is 5.34. The van der Waals surface area contributed by atoms with Crippen LogP contribution in [0.15, 0.2) is 35.6 Å². The average molecular weight is 381 g/mol. The van der Waals surface area contributed by atoms with Crippen molar-refractivity contribution in [1.29, 1.82) is 0 Å². The minimum Gasteiger partial charge on any atom is -0.507 e. The van der Waals surface area contributed by atoms with Crippen LogP contribution in [0.5, 0.6) is 5.75 Å². The van der Waals surface area contributed by atoms with Gasteiger partial charge in [0.1, 0.15) is 5.75 Å². The fraction of sp³-hybridized carbons (Fsp3) is 0.235. The second kappa shape index (κ2) is 8.69.